The fourth-order valence-corrected chi connectivity index (χ4v) is 4.33. The van der Waals surface area contributed by atoms with Gasteiger partial charge < -0.3 is 5.11 Å². The Morgan fingerprint density at radius 1 is 1.26 bits per heavy atom. The van der Waals surface area contributed by atoms with Gasteiger partial charge in [0.2, 0.25) is 0 Å². The van der Waals surface area contributed by atoms with Crippen LogP contribution in [0.15, 0.2) is 51.2 Å². The van der Waals surface area contributed by atoms with Crippen molar-refractivity contribution >= 4 is 17.1 Å². The van der Waals surface area contributed by atoms with Crippen LogP contribution in [0.4, 0.5) is 0 Å². The molecule has 1 aromatic carbocycles. The smallest absolute Gasteiger partial charge is 0.166 e. The third-order valence-electron chi connectivity index (χ3n) is 5.96. The molecule has 0 spiro atoms. The van der Waals surface area contributed by atoms with E-state index in [4.69, 9.17) is 9.98 Å². The Balaban J connectivity index is 1.69. The fraction of sp³-hybridized carbons (Fsp3) is 0.435. The lowest BCUT2D eigenvalue weighted by atomic mass is 9.77. The van der Waals surface area contributed by atoms with E-state index >= 15 is 0 Å². The third-order valence-corrected chi connectivity index (χ3v) is 5.96. The summed E-state index contributed by atoms with van der Waals surface area (Å²) < 4.78 is 0. The lowest BCUT2D eigenvalue weighted by Crippen LogP contribution is -2.33. The topological polar surface area (TPSA) is 62.0 Å². The predicted octanol–water partition coefficient (Wildman–Crippen LogP) is 3.00. The first-order valence-corrected chi connectivity index (χ1v) is 9.73. The van der Waals surface area contributed by atoms with E-state index in [0.29, 0.717) is 12.0 Å². The van der Waals surface area contributed by atoms with Crippen molar-refractivity contribution in [1.29, 1.82) is 0 Å². The molecule has 0 fully saturated rings. The number of hydrogen-bond acceptors (Lipinski definition) is 4. The van der Waals surface area contributed by atoms with Gasteiger partial charge in [-0.2, -0.15) is 0 Å². The van der Waals surface area contributed by atoms with Crippen LogP contribution < -0.4 is 10.6 Å². The van der Waals surface area contributed by atoms with Crippen LogP contribution in [0, 0.1) is 18.8 Å². The minimum absolute atomic E-state index is 0.0494. The molecule has 1 aliphatic carbocycles. The van der Waals surface area contributed by atoms with Crippen LogP contribution in [0.1, 0.15) is 39.2 Å². The molecule has 4 nitrogen and oxygen atoms in total. The average molecular weight is 362 g/mol. The lowest BCUT2D eigenvalue weighted by molar-refractivity contribution is -0.118. The van der Waals surface area contributed by atoms with Crippen LogP contribution in [0.25, 0.3) is 5.57 Å². The van der Waals surface area contributed by atoms with Crippen LogP contribution in [0.5, 0.6) is 0 Å². The minimum atomic E-state index is -0.342. The van der Waals surface area contributed by atoms with Crippen molar-refractivity contribution in [3.63, 3.8) is 0 Å². The van der Waals surface area contributed by atoms with Crippen molar-refractivity contribution in [2.75, 3.05) is 6.54 Å². The van der Waals surface area contributed by atoms with Crippen molar-refractivity contribution in [3.05, 3.63) is 57.3 Å². The highest BCUT2D eigenvalue weighted by Gasteiger charge is 2.35. The molecule has 0 bridgehead atoms. The van der Waals surface area contributed by atoms with E-state index in [1.807, 2.05) is 20.8 Å². The second-order valence-corrected chi connectivity index (χ2v) is 8.14. The quantitative estimate of drug-likeness (QED) is 0.898. The Labute approximate surface area is 159 Å². The Morgan fingerprint density at radius 3 is 2.78 bits per heavy atom. The first kappa shape index (κ1) is 17.9. The van der Waals surface area contributed by atoms with Crippen LogP contribution in [0.3, 0.4) is 0 Å². The van der Waals surface area contributed by atoms with E-state index in [2.05, 4.69) is 25.1 Å². The van der Waals surface area contributed by atoms with Crippen LogP contribution in [0.2, 0.25) is 0 Å². The highest BCUT2D eigenvalue weighted by atomic mass is 16.3. The molecular formula is C23H26N2O2. The summed E-state index contributed by atoms with van der Waals surface area (Å²) in [4.78, 5) is 22.7. The summed E-state index contributed by atoms with van der Waals surface area (Å²) in [5, 5.41) is 12.6. The van der Waals surface area contributed by atoms with Gasteiger partial charge in [0.25, 0.3) is 0 Å². The largest absolute Gasteiger partial charge is 0.508 e. The number of aliphatic imine (C=N–C) groups is 1. The summed E-state index contributed by atoms with van der Waals surface area (Å²) >= 11 is 0. The second-order valence-electron chi connectivity index (χ2n) is 8.14. The Kier molecular flexibility index (Phi) is 4.37. The highest BCUT2D eigenvalue weighted by Crippen LogP contribution is 2.33. The average Bonchev–Trinajstić information content (AvgIpc) is 2.99. The molecular weight excluding hydrogens is 336 g/mol. The molecule has 27 heavy (non-hydrogen) atoms. The highest BCUT2D eigenvalue weighted by molar-refractivity contribution is 6.06. The van der Waals surface area contributed by atoms with Crippen LogP contribution in [-0.2, 0) is 4.79 Å². The van der Waals surface area contributed by atoms with Gasteiger partial charge >= 0.3 is 0 Å². The first-order valence-electron chi connectivity index (χ1n) is 9.73. The van der Waals surface area contributed by atoms with Crippen LogP contribution >= 0.6 is 0 Å². The van der Waals surface area contributed by atoms with Crippen LogP contribution in [-0.4, -0.2) is 29.2 Å². The number of nitrogens with zero attached hydrogens (tertiary/aromatic N) is 2. The molecule has 2 atom stereocenters. The summed E-state index contributed by atoms with van der Waals surface area (Å²) in [6.45, 7) is 8.65. The van der Waals surface area contributed by atoms with Gasteiger partial charge in [0.15, 0.2) is 5.78 Å². The monoisotopic (exact) mass is 362 g/mol. The number of rotatable bonds is 3. The number of aryl methyl sites for hydroxylation is 1. The maximum atomic E-state index is 13.0. The molecule has 4 rings (SSSR count). The standard InChI is InChI=1S/C23H26N2O2/c1-12(2)17-11-21(26)14(4)18(23(17)27)10-20-22-16(7-8-24-20)15-6-5-13(3)9-19(15)25-22/h5-6,9,11-12,18,22,26H,7-8,10H2,1-4H3. The van der Waals surface area contributed by atoms with Crippen molar-refractivity contribution in [3.8, 4) is 0 Å². The summed E-state index contributed by atoms with van der Waals surface area (Å²) in [7, 11) is 0. The molecule has 0 amide bonds. The van der Waals surface area contributed by atoms with Gasteiger partial charge in [-0.3, -0.25) is 14.8 Å². The van der Waals surface area contributed by atoms with Crippen molar-refractivity contribution < 1.29 is 9.90 Å². The fourth-order valence-electron chi connectivity index (χ4n) is 4.33. The number of fused-ring (bicyclic) bond motifs is 2. The first-order chi connectivity index (χ1) is 12.9. The normalized spacial score (nSPS) is 24.5. The Morgan fingerprint density at radius 2 is 2.04 bits per heavy atom. The van der Waals surface area contributed by atoms with Gasteiger partial charge in [-0.15, -0.1) is 0 Å². The van der Waals surface area contributed by atoms with Gasteiger partial charge in [0, 0.05) is 29.5 Å². The molecule has 2 heterocycles. The predicted molar refractivity (Wildman–Crippen MR) is 107 cm³/mol. The molecule has 2 unspecified atom stereocenters. The van der Waals surface area contributed by atoms with E-state index in [-0.39, 0.29) is 29.4 Å². The second kappa shape index (κ2) is 6.59. The molecule has 2 aliphatic heterocycles. The number of hydrogen-bond donors (Lipinski definition) is 1. The van der Waals surface area contributed by atoms with E-state index in [0.717, 1.165) is 29.6 Å². The number of aliphatic hydroxyl groups is 1. The molecule has 140 valence electrons. The molecule has 0 aromatic heterocycles. The molecule has 0 saturated heterocycles. The number of allylic oxidation sites excluding steroid dienone is 3. The molecule has 3 aliphatic rings. The lowest BCUT2D eigenvalue weighted by Gasteiger charge is -2.28. The Hall–Kier alpha value is -2.49. The maximum Gasteiger partial charge on any atom is 0.166 e. The van der Waals surface area contributed by atoms with Gasteiger partial charge in [-0.05, 0) is 55.0 Å². The summed E-state index contributed by atoms with van der Waals surface area (Å²) in [5.74, 6) is 0.0906. The van der Waals surface area contributed by atoms with E-state index < -0.39 is 0 Å². The van der Waals surface area contributed by atoms with Gasteiger partial charge in [0.05, 0.1) is 11.3 Å². The number of carbonyl (C=O) groups excluding carboxylic acids is 1. The van der Waals surface area contributed by atoms with Gasteiger partial charge in [-0.1, -0.05) is 26.0 Å². The maximum absolute atomic E-state index is 13.0. The number of aliphatic hydroxyl groups excluding tert-OH is 1. The van der Waals surface area contributed by atoms with Gasteiger partial charge in [-0.25, -0.2) is 0 Å². The minimum Gasteiger partial charge on any atom is -0.508 e. The van der Waals surface area contributed by atoms with Crippen molar-refractivity contribution in [1.82, 2.24) is 0 Å². The molecule has 1 N–H and O–H groups in total. The SMILES string of the molecule is CC1=C(O)C=C(C(C)C)C(=O)C1CC1=NCCC2=c3ccc(C)cc3=NC12. The van der Waals surface area contributed by atoms with E-state index in [1.165, 1.54) is 16.4 Å². The molecule has 0 radical (unpaired) electrons. The molecule has 1 aromatic rings. The van der Waals surface area contributed by atoms with Gasteiger partial charge in [0.1, 0.15) is 11.8 Å². The van der Waals surface area contributed by atoms with Crippen molar-refractivity contribution in [2.45, 2.75) is 46.6 Å². The number of ketones is 1. The third kappa shape index (κ3) is 2.97. The number of Topliss-reactive ketones (excluding diaryl/α,β-unsaturated/α-hetero) is 1. The summed E-state index contributed by atoms with van der Waals surface area (Å²) in [5.41, 5.74) is 4.94. The number of carbonyl (C=O) groups is 1. The van der Waals surface area contributed by atoms with E-state index in [1.54, 1.807) is 6.08 Å². The zero-order valence-electron chi connectivity index (χ0n) is 16.4. The molecule has 4 heteroatoms. The van der Waals surface area contributed by atoms with Crippen molar-refractivity contribution in [2.24, 2.45) is 21.8 Å². The zero-order chi connectivity index (χ0) is 19.3. The number of benzene rings is 1. The van der Waals surface area contributed by atoms with E-state index in [9.17, 15) is 9.90 Å². The Bertz CT molecular complexity index is 1040. The zero-order valence-corrected chi connectivity index (χ0v) is 16.4. The molecule has 0 saturated carbocycles. The summed E-state index contributed by atoms with van der Waals surface area (Å²) in [6, 6.07) is 6.37. The summed E-state index contributed by atoms with van der Waals surface area (Å²) in [6.07, 6.45) is 3.09.